The lowest BCUT2D eigenvalue weighted by molar-refractivity contribution is -0.152. The minimum atomic E-state index is -0.826. The van der Waals surface area contributed by atoms with E-state index in [0.717, 1.165) is 12.0 Å². The SMILES string of the molecule is O=C(O)[C@@H]1CCC(=O)N(CCc2cccs2)[C@@H]1c1ccccc1. The second kappa shape index (κ2) is 6.96. The van der Waals surface area contributed by atoms with Crippen molar-refractivity contribution in [2.24, 2.45) is 5.92 Å². The van der Waals surface area contributed by atoms with Crippen molar-refractivity contribution in [2.75, 3.05) is 6.54 Å². The van der Waals surface area contributed by atoms with Crippen molar-refractivity contribution in [3.8, 4) is 0 Å². The summed E-state index contributed by atoms with van der Waals surface area (Å²) >= 11 is 1.66. The summed E-state index contributed by atoms with van der Waals surface area (Å²) in [5.74, 6) is -1.32. The van der Waals surface area contributed by atoms with Gasteiger partial charge in [0.05, 0.1) is 12.0 Å². The summed E-state index contributed by atoms with van der Waals surface area (Å²) in [5.41, 5.74) is 0.902. The quantitative estimate of drug-likeness (QED) is 0.915. The van der Waals surface area contributed by atoms with Crippen LogP contribution in [0, 0.1) is 5.92 Å². The molecule has 1 fully saturated rings. The van der Waals surface area contributed by atoms with Gasteiger partial charge in [-0.2, -0.15) is 0 Å². The van der Waals surface area contributed by atoms with Gasteiger partial charge in [-0.1, -0.05) is 36.4 Å². The summed E-state index contributed by atoms with van der Waals surface area (Å²) in [5, 5.41) is 11.6. The average Bonchev–Trinajstić information content (AvgIpc) is 3.07. The zero-order valence-electron chi connectivity index (χ0n) is 12.7. The van der Waals surface area contributed by atoms with Gasteiger partial charge in [-0.05, 0) is 29.9 Å². The molecule has 120 valence electrons. The van der Waals surface area contributed by atoms with Gasteiger partial charge in [-0.3, -0.25) is 9.59 Å². The molecule has 23 heavy (non-hydrogen) atoms. The molecule has 0 radical (unpaired) electrons. The number of carboxylic acids is 1. The Kier molecular flexibility index (Phi) is 4.76. The summed E-state index contributed by atoms with van der Waals surface area (Å²) in [7, 11) is 0. The molecule has 1 N–H and O–H groups in total. The van der Waals surface area contributed by atoms with Crippen molar-refractivity contribution < 1.29 is 14.7 Å². The number of hydrogen-bond donors (Lipinski definition) is 1. The number of thiophene rings is 1. The largest absolute Gasteiger partial charge is 0.481 e. The summed E-state index contributed by atoms with van der Waals surface area (Å²) in [4.78, 5) is 27.1. The van der Waals surface area contributed by atoms with Crippen molar-refractivity contribution >= 4 is 23.2 Å². The summed E-state index contributed by atoms with van der Waals surface area (Å²) < 4.78 is 0. The van der Waals surface area contributed by atoms with Gasteiger partial charge < -0.3 is 10.0 Å². The number of benzene rings is 1. The van der Waals surface area contributed by atoms with Crippen molar-refractivity contribution in [3.63, 3.8) is 0 Å². The van der Waals surface area contributed by atoms with Gasteiger partial charge in [0.1, 0.15) is 0 Å². The molecule has 0 bridgehead atoms. The normalized spacial score (nSPS) is 21.4. The third-order valence-electron chi connectivity index (χ3n) is 4.34. The minimum absolute atomic E-state index is 0.0490. The molecule has 1 amide bonds. The van der Waals surface area contributed by atoms with E-state index in [9.17, 15) is 14.7 Å². The summed E-state index contributed by atoms with van der Waals surface area (Å²) in [6.45, 7) is 0.558. The number of amides is 1. The fourth-order valence-corrected chi connectivity index (χ4v) is 3.92. The number of carbonyl (C=O) groups is 2. The first-order chi connectivity index (χ1) is 11.2. The third kappa shape index (κ3) is 3.45. The molecule has 0 aliphatic carbocycles. The standard InChI is InChI=1S/C18H19NO3S/c20-16-9-8-15(18(21)22)17(13-5-2-1-3-6-13)19(16)11-10-14-7-4-12-23-14/h1-7,12,15,17H,8-11H2,(H,21,22)/t15-,17-/m1/s1. The maximum atomic E-state index is 12.4. The van der Waals surface area contributed by atoms with Crippen molar-refractivity contribution in [1.82, 2.24) is 4.90 Å². The van der Waals surface area contributed by atoms with Crippen molar-refractivity contribution in [3.05, 3.63) is 58.3 Å². The van der Waals surface area contributed by atoms with Crippen LogP contribution in [-0.4, -0.2) is 28.4 Å². The Hall–Kier alpha value is -2.14. The van der Waals surface area contributed by atoms with Gasteiger partial charge in [-0.25, -0.2) is 0 Å². The van der Waals surface area contributed by atoms with Crippen LogP contribution in [-0.2, 0) is 16.0 Å². The lowest BCUT2D eigenvalue weighted by Gasteiger charge is -2.39. The Bertz CT molecular complexity index is 669. The smallest absolute Gasteiger partial charge is 0.308 e. The van der Waals surface area contributed by atoms with Crippen LogP contribution >= 0.6 is 11.3 Å². The van der Waals surface area contributed by atoms with Crippen LogP contribution < -0.4 is 0 Å². The number of aliphatic carboxylic acids is 1. The molecule has 2 heterocycles. The lowest BCUT2D eigenvalue weighted by Crippen LogP contribution is -2.46. The number of piperidine rings is 1. The first-order valence-corrected chi connectivity index (χ1v) is 8.64. The first-order valence-electron chi connectivity index (χ1n) is 7.76. The topological polar surface area (TPSA) is 57.6 Å². The number of hydrogen-bond acceptors (Lipinski definition) is 3. The number of carboxylic acid groups (broad SMARTS) is 1. The number of likely N-dealkylation sites (tertiary alicyclic amines) is 1. The second-order valence-electron chi connectivity index (χ2n) is 5.76. The predicted molar refractivity (Wildman–Crippen MR) is 89.3 cm³/mol. The van der Waals surface area contributed by atoms with Crippen LogP contribution in [0.5, 0.6) is 0 Å². The summed E-state index contributed by atoms with van der Waals surface area (Å²) in [6, 6.07) is 13.2. The Labute approximate surface area is 139 Å². The number of nitrogens with zero attached hydrogens (tertiary/aromatic N) is 1. The van der Waals surface area contributed by atoms with Crippen LogP contribution in [0.2, 0.25) is 0 Å². The minimum Gasteiger partial charge on any atom is -0.481 e. The Morgan fingerprint density at radius 1 is 1.22 bits per heavy atom. The fourth-order valence-electron chi connectivity index (χ4n) is 3.22. The van der Waals surface area contributed by atoms with E-state index in [-0.39, 0.29) is 11.9 Å². The molecule has 1 aromatic heterocycles. The Morgan fingerprint density at radius 3 is 2.65 bits per heavy atom. The van der Waals surface area contributed by atoms with Gasteiger partial charge >= 0.3 is 5.97 Å². The molecule has 1 saturated heterocycles. The maximum Gasteiger partial charge on any atom is 0.308 e. The molecule has 0 spiro atoms. The molecule has 0 saturated carbocycles. The predicted octanol–water partition coefficient (Wildman–Crippen LogP) is 3.36. The average molecular weight is 329 g/mol. The molecule has 1 aromatic carbocycles. The molecular weight excluding hydrogens is 310 g/mol. The van der Waals surface area contributed by atoms with E-state index < -0.39 is 11.9 Å². The zero-order valence-corrected chi connectivity index (χ0v) is 13.5. The van der Waals surface area contributed by atoms with Gasteiger partial charge in [-0.15, -0.1) is 11.3 Å². The van der Waals surface area contributed by atoms with E-state index in [1.807, 2.05) is 47.8 Å². The van der Waals surface area contributed by atoms with Crippen molar-refractivity contribution in [2.45, 2.75) is 25.3 Å². The van der Waals surface area contributed by atoms with E-state index in [1.54, 1.807) is 16.2 Å². The van der Waals surface area contributed by atoms with Crippen LogP contribution in [0.15, 0.2) is 47.8 Å². The third-order valence-corrected chi connectivity index (χ3v) is 5.28. The van der Waals surface area contributed by atoms with E-state index in [1.165, 1.54) is 4.88 Å². The monoisotopic (exact) mass is 329 g/mol. The van der Waals surface area contributed by atoms with Gasteiger partial charge in [0.2, 0.25) is 5.91 Å². The molecular formula is C18H19NO3S. The van der Waals surface area contributed by atoms with Crippen LogP contribution in [0.25, 0.3) is 0 Å². The van der Waals surface area contributed by atoms with Gasteiger partial charge in [0.25, 0.3) is 0 Å². The van der Waals surface area contributed by atoms with Crippen molar-refractivity contribution in [1.29, 1.82) is 0 Å². The van der Waals surface area contributed by atoms with E-state index >= 15 is 0 Å². The molecule has 1 aliphatic heterocycles. The highest BCUT2D eigenvalue weighted by Crippen LogP contribution is 2.37. The second-order valence-corrected chi connectivity index (χ2v) is 6.79. The molecule has 4 nitrogen and oxygen atoms in total. The lowest BCUT2D eigenvalue weighted by atomic mass is 9.84. The molecule has 0 unspecified atom stereocenters. The Morgan fingerprint density at radius 2 is 2.00 bits per heavy atom. The molecule has 2 aromatic rings. The molecule has 1 aliphatic rings. The van der Waals surface area contributed by atoms with Crippen LogP contribution in [0.1, 0.15) is 29.3 Å². The van der Waals surface area contributed by atoms with E-state index in [0.29, 0.717) is 19.4 Å². The maximum absolute atomic E-state index is 12.4. The van der Waals surface area contributed by atoms with Crippen LogP contribution in [0.3, 0.4) is 0 Å². The van der Waals surface area contributed by atoms with E-state index in [2.05, 4.69) is 0 Å². The number of carbonyl (C=O) groups excluding carboxylic acids is 1. The summed E-state index contributed by atoms with van der Waals surface area (Å²) in [6.07, 6.45) is 1.48. The highest BCUT2D eigenvalue weighted by molar-refractivity contribution is 7.09. The fraction of sp³-hybridized carbons (Fsp3) is 0.333. The molecule has 3 rings (SSSR count). The van der Waals surface area contributed by atoms with E-state index in [4.69, 9.17) is 0 Å². The molecule has 5 heteroatoms. The molecule has 2 atom stereocenters. The highest BCUT2D eigenvalue weighted by Gasteiger charge is 2.40. The zero-order chi connectivity index (χ0) is 16.2. The van der Waals surface area contributed by atoms with Gasteiger partial charge in [0.15, 0.2) is 0 Å². The Balaban J connectivity index is 1.87. The first kappa shape index (κ1) is 15.7. The highest BCUT2D eigenvalue weighted by atomic mass is 32.1. The van der Waals surface area contributed by atoms with Gasteiger partial charge in [0, 0.05) is 17.8 Å². The van der Waals surface area contributed by atoms with Crippen LogP contribution in [0.4, 0.5) is 0 Å². The number of rotatable bonds is 5.